The predicted octanol–water partition coefficient (Wildman–Crippen LogP) is 18.0. The smallest absolute Gasteiger partial charge is 0.306 e. The third-order valence-electron chi connectivity index (χ3n) is 10.5. The van der Waals surface area contributed by atoms with Gasteiger partial charge in [0, 0.05) is 19.3 Å². The van der Waals surface area contributed by atoms with Crippen molar-refractivity contribution in [2.75, 3.05) is 13.2 Å². The van der Waals surface area contributed by atoms with Gasteiger partial charge in [0.1, 0.15) is 13.2 Å². The molecule has 0 aromatic heterocycles. The summed E-state index contributed by atoms with van der Waals surface area (Å²) in [5, 5.41) is 0. The maximum atomic E-state index is 12.8. The van der Waals surface area contributed by atoms with Crippen molar-refractivity contribution >= 4 is 17.9 Å². The minimum absolute atomic E-state index is 0.119. The highest BCUT2D eigenvalue weighted by atomic mass is 16.6. The Bertz CT molecular complexity index is 1650. The van der Waals surface area contributed by atoms with Crippen molar-refractivity contribution in [1.29, 1.82) is 0 Å². The Morgan fingerprint density at radius 2 is 0.594 bits per heavy atom. The molecule has 0 saturated heterocycles. The molecular weight excluding hydrogens is 853 g/mol. The Kier molecular flexibility index (Phi) is 51.2. The highest BCUT2D eigenvalue weighted by Crippen LogP contribution is 2.13. The van der Waals surface area contributed by atoms with Crippen LogP contribution in [0.15, 0.2) is 170 Å². The van der Waals surface area contributed by atoms with Gasteiger partial charge in [-0.1, -0.05) is 242 Å². The van der Waals surface area contributed by atoms with Crippen molar-refractivity contribution in [3.05, 3.63) is 170 Å². The van der Waals surface area contributed by atoms with Crippen LogP contribution in [0.4, 0.5) is 0 Å². The predicted molar refractivity (Wildman–Crippen MR) is 297 cm³/mol. The van der Waals surface area contributed by atoms with Gasteiger partial charge in [0.2, 0.25) is 0 Å². The number of unbranched alkanes of at least 4 members (excludes halogenated alkanes) is 14. The number of esters is 3. The minimum Gasteiger partial charge on any atom is -0.462 e. The molecule has 0 radical (unpaired) electrons. The Hall–Kier alpha value is -5.23. The van der Waals surface area contributed by atoms with Gasteiger partial charge < -0.3 is 14.2 Å². The molecule has 0 rings (SSSR count). The van der Waals surface area contributed by atoms with Gasteiger partial charge in [-0.2, -0.15) is 0 Å². The molecule has 0 heterocycles. The zero-order valence-corrected chi connectivity index (χ0v) is 43.5. The summed E-state index contributed by atoms with van der Waals surface area (Å²) in [6.45, 7) is 6.15. The SMILES string of the molecule is CC/C=C/C=C/C=C/C=C/C=C/C=C/C=C/CCCCCC(=O)OCC(COC(=O)CCCCCCC/C=C/C=C/C=C/CC)OC(=O)CCCCCCCC/C=C/C/C=C/C/C=C/C/C=C/CC. The molecule has 0 amide bonds. The molecule has 6 heteroatoms. The second-order valence-electron chi connectivity index (χ2n) is 16.9. The largest absolute Gasteiger partial charge is 0.462 e. The molecule has 382 valence electrons. The van der Waals surface area contributed by atoms with Gasteiger partial charge in [-0.3, -0.25) is 14.4 Å². The standard InChI is InChI=1S/C63H94O6/c1-4-7-10-13-16-19-22-25-27-29-31-33-35-38-41-44-47-50-53-56-62(65)68-59-60(58-67-61(64)55-52-49-46-43-40-37-24-21-18-15-12-9-6-3)69-63(66)57-54-51-48-45-42-39-36-34-32-30-28-26-23-20-17-14-11-8-5-2/h7-13,15-22,24-29,31-35,38,41,60H,4-6,14,23,30,36-37,39-40,42-59H2,1-3H3/b10-7+,11-8+,12-9+,16-13+,18-15+,20-17+,22-19+,24-21+,27-25+,28-26+,31-29+,34-32+,35-33+,41-38+. The third-order valence-corrected chi connectivity index (χ3v) is 10.5. The summed E-state index contributed by atoms with van der Waals surface area (Å²) in [6.07, 6.45) is 81.9. The van der Waals surface area contributed by atoms with E-state index in [-0.39, 0.29) is 44.0 Å². The van der Waals surface area contributed by atoms with Gasteiger partial charge in [0.05, 0.1) is 0 Å². The molecule has 0 aliphatic heterocycles. The first-order chi connectivity index (χ1) is 34.0. The molecular formula is C63H94O6. The molecule has 0 saturated carbocycles. The second-order valence-corrected chi connectivity index (χ2v) is 16.9. The highest BCUT2D eigenvalue weighted by Gasteiger charge is 2.19. The molecule has 1 atom stereocenters. The number of rotatable bonds is 45. The van der Waals surface area contributed by atoms with Crippen LogP contribution in [0, 0.1) is 0 Å². The van der Waals surface area contributed by atoms with Crippen LogP contribution in [0.2, 0.25) is 0 Å². The molecule has 0 fully saturated rings. The van der Waals surface area contributed by atoms with E-state index in [1.807, 2.05) is 79.0 Å². The number of hydrogen-bond acceptors (Lipinski definition) is 6. The molecule has 0 aliphatic carbocycles. The van der Waals surface area contributed by atoms with E-state index in [2.05, 4.69) is 112 Å². The first-order valence-corrected chi connectivity index (χ1v) is 26.8. The van der Waals surface area contributed by atoms with Crippen LogP contribution in [0.3, 0.4) is 0 Å². The lowest BCUT2D eigenvalue weighted by Gasteiger charge is -2.18. The average Bonchev–Trinajstić information content (AvgIpc) is 3.35. The zero-order valence-electron chi connectivity index (χ0n) is 43.5. The van der Waals surface area contributed by atoms with E-state index in [0.29, 0.717) is 12.8 Å². The fraction of sp³-hybridized carbons (Fsp3) is 0.508. The van der Waals surface area contributed by atoms with E-state index in [4.69, 9.17) is 14.2 Å². The monoisotopic (exact) mass is 947 g/mol. The normalized spacial score (nSPS) is 13.5. The Morgan fingerprint density at radius 1 is 0.304 bits per heavy atom. The van der Waals surface area contributed by atoms with Crippen molar-refractivity contribution in [2.45, 2.75) is 194 Å². The first kappa shape index (κ1) is 63.8. The summed E-state index contributed by atoms with van der Waals surface area (Å²) in [5.41, 5.74) is 0. The van der Waals surface area contributed by atoms with Crippen molar-refractivity contribution in [3.63, 3.8) is 0 Å². The van der Waals surface area contributed by atoms with Crippen molar-refractivity contribution in [3.8, 4) is 0 Å². The van der Waals surface area contributed by atoms with E-state index in [9.17, 15) is 14.4 Å². The Labute approximate surface area is 422 Å². The number of hydrogen-bond donors (Lipinski definition) is 0. The lowest BCUT2D eigenvalue weighted by atomic mass is 10.1. The lowest BCUT2D eigenvalue weighted by Crippen LogP contribution is -2.30. The summed E-state index contributed by atoms with van der Waals surface area (Å²) in [4.78, 5) is 38.1. The lowest BCUT2D eigenvalue weighted by molar-refractivity contribution is -0.167. The van der Waals surface area contributed by atoms with E-state index in [1.54, 1.807) is 0 Å². The summed E-state index contributed by atoms with van der Waals surface area (Å²) in [7, 11) is 0. The topological polar surface area (TPSA) is 78.9 Å². The average molecular weight is 947 g/mol. The molecule has 69 heavy (non-hydrogen) atoms. The van der Waals surface area contributed by atoms with Crippen molar-refractivity contribution in [2.24, 2.45) is 0 Å². The Balaban J connectivity index is 4.58. The van der Waals surface area contributed by atoms with Crippen LogP contribution >= 0.6 is 0 Å². The number of carbonyl (C=O) groups is 3. The van der Waals surface area contributed by atoms with Crippen LogP contribution in [-0.4, -0.2) is 37.2 Å². The summed E-state index contributed by atoms with van der Waals surface area (Å²) in [6, 6.07) is 0. The fourth-order valence-electron chi connectivity index (χ4n) is 6.53. The quantitative estimate of drug-likeness (QED) is 0.0199. The van der Waals surface area contributed by atoms with Gasteiger partial charge in [-0.15, -0.1) is 0 Å². The van der Waals surface area contributed by atoms with Crippen LogP contribution < -0.4 is 0 Å². The van der Waals surface area contributed by atoms with E-state index in [1.165, 1.54) is 12.8 Å². The van der Waals surface area contributed by atoms with Crippen LogP contribution in [-0.2, 0) is 28.6 Å². The van der Waals surface area contributed by atoms with E-state index < -0.39 is 6.10 Å². The number of carbonyl (C=O) groups excluding carboxylic acids is 3. The van der Waals surface area contributed by atoms with Gasteiger partial charge in [-0.25, -0.2) is 0 Å². The number of ether oxygens (including phenoxy) is 3. The maximum Gasteiger partial charge on any atom is 0.306 e. The van der Waals surface area contributed by atoms with Gasteiger partial charge in [-0.05, 0) is 96.3 Å². The van der Waals surface area contributed by atoms with Crippen molar-refractivity contribution < 1.29 is 28.6 Å². The van der Waals surface area contributed by atoms with Crippen LogP contribution in [0.5, 0.6) is 0 Å². The summed E-state index contributed by atoms with van der Waals surface area (Å²) < 4.78 is 16.8. The molecule has 6 nitrogen and oxygen atoms in total. The molecule has 0 bridgehead atoms. The van der Waals surface area contributed by atoms with E-state index in [0.717, 1.165) is 128 Å². The zero-order chi connectivity index (χ0) is 50.0. The van der Waals surface area contributed by atoms with Crippen LogP contribution in [0.25, 0.3) is 0 Å². The van der Waals surface area contributed by atoms with Crippen molar-refractivity contribution in [1.82, 2.24) is 0 Å². The maximum absolute atomic E-state index is 12.8. The van der Waals surface area contributed by atoms with Gasteiger partial charge in [0.25, 0.3) is 0 Å². The first-order valence-electron chi connectivity index (χ1n) is 26.8. The Morgan fingerprint density at radius 3 is 1.00 bits per heavy atom. The van der Waals surface area contributed by atoms with Crippen LogP contribution in [0.1, 0.15) is 188 Å². The van der Waals surface area contributed by atoms with Gasteiger partial charge in [0.15, 0.2) is 6.10 Å². The molecule has 0 aromatic carbocycles. The molecule has 0 aliphatic rings. The highest BCUT2D eigenvalue weighted by molar-refractivity contribution is 5.71. The van der Waals surface area contributed by atoms with E-state index >= 15 is 0 Å². The third kappa shape index (κ3) is 53.6. The number of allylic oxidation sites excluding steroid dienone is 28. The molecule has 0 spiro atoms. The summed E-state index contributed by atoms with van der Waals surface area (Å²) in [5.74, 6) is -1.01. The molecule has 1 unspecified atom stereocenters. The summed E-state index contributed by atoms with van der Waals surface area (Å²) >= 11 is 0. The fourth-order valence-corrected chi connectivity index (χ4v) is 6.53. The minimum atomic E-state index is -0.823. The second kappa shape index (κ2) is 55.4. The van der Waals surface area contributed by atoms with Gasteiger partial charge >= 0.3 is 17.9 Å². The molecule has 0 N–H and O–H groups in total. The molecule has 0 aromatic rings.